The van der Waals surface area contributed by atoms with Crippen molar-refractivity contribution in [1.82, 2.24) is 4.98 Å². The Morgan fingerprint density at radius 3 is 2.86 bits per heavy atom. The van der Waals surface area contributed by atoms with E-state index in [-0.39, 0.29) is 18.6 Å². The average Bonchev–Trinajstić information content (AvgIpc) is 3.64. The van der Waals surface area contributed by atoms with Crippen molar-refractivity contribution in [3.63, 3.8) is 0 Å². The van der Waals surface area contributed by atoms with Crippen LogP contribution in [0.3, 0.4) is 0 Å². The summed E-state index contributed by atoms with van der Waals surface area (Å²) in [5.74, 6) is -0.824. The van der Waals surface area contributed by atoms with Gasteiger partial charge in [0.1, 0.15) is 5.82 Å². The molecule has 37 heavy (non-hydrogen) atoms. The lowest BCUT2D eigenvalue weighted by Gasteiger charge is -2.14. The van der Waals surface area contributed by atoms with Crippen molar-refractivity contribution in [1.29, 1.82) is 0 Å². The van der Waals surface area contributed by atoms with Crippen molar-refractivity contribution in [3.8, 4) is 11.1 Å². The van der Waals surface area contributed by atoms with E-state index in [2.05, 4.69) is 15.3 Å². The number of nitrogens with zero attached hydrogens (tertiary/aromatic N) is 3. The van der Waals surface area contributed by atoms with Crippen LogP contribution in [-0.2, 0) is 20.7 Å². The second kappa shape index (κ2) is 11.2. The van der Waals surface area contributed by atoms with Gasteiger partial charge in [0.05, 0.1) is 30.2 Å². The van der Waals surface area contributed by atoms with E-state index in [0.717, 1.165) is 47.9 Å². The summed E-state index contributed by atoms with van der Waals surface area (Å²) in [4.78, 5) is 32.9. The van der Waals surface area contributed by atoms with E-state index in [1.807, 2.05) is 29.6 Å². The molecule has 1 N–H and O–H groups in total. The number of cyclic esters (lactones) is 1. The van der Waals surface area contributed by atoms with E-state index in [4.69, 9.17) is 9.47 Å². The van der Waals surface area contributed by atoms with E-state index in [1.165, 1.54) is 24.1 Å². The summed E-state index contributed by atoms with van der Waals surface area (Å²) in [6.07, 6.45) is 3.19. The van der Waals surface area contributed by atoms with Crippen LogP contribution in [0.25, 0.3) is 11.1 Å². The number of aromatic nitrogens is 1. The summed E-state index contributed by atoms with van der Waals surface area (Å²) in [6.45, 7) is 3.09. The SMILES string of the molecule is CC(=O)N=C[C@H]1CN(c2ccc(-c3ccc(Cc4csc(NCC5CCCO5)n4)cc3)c(F)c2)C(=O)O1. The summed E-state index contributed by atoms with van der Waals surface area (Å²) in [6, 6.07) is 12.4. The van der Waals surface area contributed by atoms with Crippen molar-refractivity contribution < 1.29 is 23.5 Å². The second-order valence-electron chi connectivity index (χ2n) is 9.03. The van der Waals surface area contributed by atoms with E-state index in [0.29, 0.717) is 17.7 Å². The molecular weight excluding hydrogens is 495 g/mol. The van der Waals surface area contributed by atoms with Crippen molar-refractivity contribution >= 4 is 40.4 Å². The van der Waals surface area contributed by atoms with Gasteiger partial charge in [-0.2, -0.15) is 0 Å². The van der Waals surface area contributed by atoms with Crippen LogP contribution in [-0.4, -0.2) is 55.1 Å². The molecule has 3 aromatic rings. The first-order valence-electron chi connectivity index (χ1n) is 12.2. The van der Waals surface area contributed by atoms with E-state index >= 15 is 4.39 Å². The molecule has 3 heterocycles. The van der Waals surface area contributed by atoms with Gasteiger partial charge >= 0.3 is 6.09 Å². The molecule has 2 atom stereocenters. The summed E-state index contributed by atoms with van der Waals surface area (Å²) >= 11 is 1.58. The lowest BCUT2D eigenvalue weighted by Crippen LogP contribution is -2.25. The summed E-state index contributed by atoms with van der Waals surface area (Å²) in [5, 5.41) is 6.30. The van der Waals surface area contributed by atoms with Crippen molar-refractivity contribution in [2.45, 2.75) is 38.4 Å². The maximum absolute atomic E-state index is 15.0. The summed E-state index contributed by atoms with van der Waals surface area (Å²) < 4.78 is 25.9. The summed E-state index contributed by atoms with van der Waals surface area (Å²) in [5.41, 5.74) is 3.61. The average molecular weight is 523 g/mol. The van der Waals surface area contributed by atoms with Crippen LogP contribution >= 0.6 is 11.3 Å². The van der Waals surface area contributed by atoms with E-state index in [1.54, 1.807) is 23.5 Å². The smallest absolute Gasteiger partial charge is 0.415 e. The van der Waals surface area contributed by atoms with Crippen LogP contribution in [0.1, 0.15) is 31.0 Å². The zero-order chi connectivity index (χ0) is 25.8. The molecule has 8 nitrogen and oxygen atoms in total. The quantitative estimate of drug-likeness (QED) is 0.415. The number of amides is 2. The molecule has 1 unspecified atom stereocenters. The lowest BCUT2D eigenvalue weighted by atomic mass is 10.0. The van der Waals surface area contributed by atoms with Crippen LogP contribution in [0.5, 0.6) is 0 Å². The van der Waals surface area contributed by atoms with Crippen molar-refractivity contribution in [2.75, 3.05) is 29.9 Å². The highest BCUT2D eigenvalue weighted by atomic mass is 32.1. The number of thiazole rings is 1. The lowest BCUT2D eigenvalue weighted by molar-refractivity contribution is -0.115. The van der Waals surface area contributed by atoms with Gasteiger partial charge in [-0.3, -0.25) is 9.69 Å². The molecule has 2 saturated heterocycles. The molecule has 2 fully saturated rings. The monoisotopic (exact) mass is 522 g/mol. The Balaban J connectivity index is 1.20. The highest BCUT2D eigenvalue weighted by Gasteiger charge is 2.32. The number of ether oxygens (including phenoxy) is 2. The predicted molar refractivity (Wildman–Crippen MR) is 141 cm³/mol. The first-order chi connectivity index (χ1) is 17.9. The number of hydrogen-bond donors (Lipinski definition) is 1. The fourth-order valence-electron chi connectivity index (χ4n) is 4.35. The van der Waals surface area contributed by atoms with Crippen molar-refractivity contribution in [2.24, 2.45) is 4.99 Å². The maximum atomic E-state index is 15.0. The van der Waals surface area contributed by atoms with Crippen LogP contribution < -0.4 is 10.2 Å². The zero-order valence-corrected chi connectivity index (χ0v) is 21.2. The minimum absolute atomic E-state index is 0.158. The largest absolute Gasteiger partial charge is 0.438 e. The Morgan fingerprint density at radius 1 is 1.30 bits per heavy atom. The molecule has 0 bridgehead atoms. The Bertz CT molecular complexity index is 1300. The molecular formula is C27H27FN4O4S. The molecule has 5 rings (SSSR count). The highest BCUT2D eigenvalue weighted by Crippen LogP contribution is 2.29. The van der Waals surface area contributed by atoms with Gasteiger partial charge in [-0.25, -0.2) is 19.2 Å². The third-order valence-electron chi connectivity index (χ3n) is 6.23. The molecule has 2 aliphatic rings. The van der Waals surface area contributed by atoms with Gasteiger partial charge in [0.2, 0.25) is 5.91 Å². The standard InChI is InChI=1S/C27H27FN4O4S/c1-17(33)29-14-23-15-32(27(34)36-23)21-8-9-24(25(28)12-21)19-6-4-18(5-7-19)11-20-16-37-26(31-20)30-13-22-3-2-10-35-22/h4-9,12,14,16,22-23H,2-3,10-11,13,15H2,1H3,(H,30,31)/t22?,23-/m0/s1. The molecule has 0 spiro atoms. The topological polar surface area (TPSA) is 93.1 Å². The van der Waals surface area contributed by atoms with Crippen LogP contribution in [0, 0.1) is 5.82 Å². The maximum Gasteiger partial charge on any atom is 0.415 e. The number of aliphatic imine (C=N–C) groups is 1. The van der Waals surface area contributed by atoms with Gasteiger partial charge in [0.25, 0.3) is 0 Å². The van der Waals surface area contributed by atoms with Gasteiger partial charge < -0.3 is 14.8 Å². The first kappa shape index (κ1) is 25.0. The predicted octanol–water partition coefficient (Wildman–Crippen LogP) is 5.07. The van der Waals surface area contributed by atoms with Gasteiger partial charge in [0.15, 0.2) is 11.2 Å². The highest BCUT2D eigenvalue weighted by molar-refractivity contribution is 7.13. The van der Waals surface area contributed by atoms with Crippen LogP contribution in [0.15, 0.2) is 52.8 Å². The number of halogens is 1. The van der Waals surface area contributed by atoms with E-state index in [9.17, 15) is 9.59 Å². The van der Waals surface area contributed by atoms with Gasteiger partial charge in [-0.1, -0.05) is 24.3 Å². The molecule has 2 aromatic carbocycles. The molecule has 0 saturated carbocycles. The van der Waals surface area contributed by atoms with Gasteiger partial charge in [0, 0.05) is 37.4 Å². The third-order valence-corrected chi connectivity index (χ3v) is 7.08. The Kier molecular flexibility index (Phi) is 7.57. The third kappa shape index (κ3) is 6.20. The molecule has 192 valence electrons. The zero-order valence-electron chi connectivity index (χ0n) is 20.4. The number of carbonyl (C=O) groups excluding carboxylic acids is 2. The molecule has 1 aromatic heterocycles. The number of benzene rings is 2. The normalized spacial score (nSPS) is 19.5. The van der Waals surface area contributed by atoms with Crippen LogP contribution in [0.2, 0.25) is 0 Å². The Labute approximate surface area is 218 Å². The summed E-state index contributed by atoms with van der Waals surface area (Å²) in [7, 11) is 0. The van der Waals surface area contributed by atoms with Gasteiger partial charge in [-0.05, 0) is 42.2 Å². The molecule has 10 heteroatoms. The Morgan fingerprint density at radius 2 is 2.14 bits per heavy atom. The number of rotatable bonds is 8. The van der Waals surface area contributed by atoms with Gasteiger partial charge in [-0.15, -0.1) is 11.3 Å². The molecule has 2 amide bonds. The number of carbonyl (C=O) groups is 2. The van der Waals surface area contributed by atoms with Crippen molar-refractivity contribution in [3.05, 3.63) is 64.9 Å². The fraction of sp³-hybridized carbons (Fsp3) is 0.333. The minimum atomic E-state index is -0.655. The van der Waals surface area contributed by atoms with Crippen LogP contribution in [0.4, 0.5) is 20.0 Å². The Hall–Kier alpha value is -3.63. The molecule has 0 radical (unpaired) electrons. The first-order valence-corrected chi connectivity index (χ1v) is 13.0. The van der Waals surface area contributed by atoms with E-state index < -0.39 is 18.0 Å². The second-order valence-corrected chi connectivity index (χ2v) is 9.89. The number of anilines is 2. The number of nitrogens with one attached hydrogen (secondary N) is 1. The molecule has 2 aliphatic heterocycles. The minimum Gasteiger partial charge on any atom is -0.438 e. The number of hydrogen-bond acceptors (Lipinski definition) is 7. The molecule has 0 aliphatic carbocycles. The fourth-order valence-corrected chi connectivity index (χ4v) is 5.07.